The van der Waals surface area contributed by atoms with Crippen LogP contribution in [-0.4, -0.2) is 11.3 Å². The van der Waals surface area contributed by atoms with E-state index >= 15 is 0 Å². The Balaban J connectivity index is 1.35. The number of benzene rings is 6. The highest BCUT2D eigenvalue weighted by Gasteiger charge is 2.48. The average molecular weight is 720 g/mol. The highest BCUT2D eigenvalue weighted by Crippen LogP contribution is 2.54. The molecular weight excluding hydrogens is 669 g/mol. The monoisotopic (exact) mass is 719 g/mol. The lowest BCUT2D eigenvalue weighted by Crippen LogP contribution is -2.59. The second-order valence-electron chi connectivity index (χ2n) is 19.8. The maximum Gasteiger partial charge on any atom is 0.261 e. The first kappa shape index (κ1) is 34.3. The van der Waals surface area contributed by atoms with Gasteiger partial charge in [-0.3, -0.25) is 0 Å². The highest BCUT2D eigenvalue weighted by molar-refractivity contribution is 6.98. The summed E-state index contributed by atoms with van der Waals surface area (Å²) in [5, 5.41) is 2.57. The third-order valence-electron chi connectivity index (χ3n) is 12.8. The van der Waals surface area contributed by atoms with E-state index in [0.29, 0.717) is 0 Å². The zero-order chi connectivity index (χ0) is 38.6. The Morgan fingerprint density at radius 3 is 1.67 bits per heavy atom. The molecule has 0 spiro atoms. The summed E-state index contributed by atoms with van der Waals surface area (Å²) in [5.74, 6) is 3.59. The normalized spacial score (nSPS) is 15.2. The molecule has 0 bridgehead atoms. The average Bonchev–Trinajstić information content (AvgIpc) is 3.58. The van der Waals surface area contributed by atoms with E-state index in [4.69, 9.17) is 9.47 Å². The molecule has 4 heteroatoms. The Labute approximate surface area is 326 Å². The first-order valence-corrected chi connectivity index (χ1v) is 20.0. The Morgan fingerprint density at radius 1 is 0.527 bits per heavy atom. The number of hydrogen-bond donors (Lipinski definition) is 0. The fourth-order valence-electron chi connectivity index (χ4n) is 9.74. The minimum Gasteiger partial charge on any atom is -0.458 e. The number of ether oxygens (including phenoxy) is 2. The van der Waals surface area contributed by atoms with Gasteiger partial charge in [0.15, 0.2) is 0 Å². The molecule has 0 N–H and O–H groups in total. The van der Waals surface area contributed by atoms with Gasteiger partial charge in [-0.2, -0.15) is 0 Å². The molecule has 3 nitrogen and oxygen atoms in total. The third-order valence-corrected chi connectivity index (χ3v) is 12.8. The van der Waals surface area contributed by atoms with Crippen molar-refractivity contribution in [2.24, 2.45) is 0 Å². The lowest BCUT2D eigenvalue weighted by atomic mass is 9.33. The molecule has 6 aromatic carbocycles. The molecule has 7 aromatic rings. The van der Waals surface area contributed by atoms with E-state index in [1.165, 1.54) is 71.7 Å². The summed E-state index contributed by atoms with van der Waals surface area (Å²) in [5.41, 5.74) is 16.2. The van der Waals surface area contributed by atoms with Crippen LogP contribution in [0.4, 0.5) is 0 Å². The standard InChI is InChI=1S/C51H50BNO2/c1-48(2,3)29-19-22-37-33(25-29)34-26-30(49(4,5)6)20-23-38(34)53(37)39-28-43-47(45-44(39)32-15-12-13-16-35(32)51(45,10)11)52-36-27-31(50(7,8)9)21-24-40(36)54-41-17-14-18-42(55-43)46(41)52/h12-28H,1-11H3. The van der Waals surface area contributed by atoms with Crippen LogP contribution < -0.4 is 25.9 Å². The van der Waals surface area contributed by atoms with Gasteiger partial charge >= 0.3 is 0 Å². The minimum absolute atomic E-state index is 0.0135. The van der Waals surface area contributed by atoms with E-state index in [-0.39, 0.29) is 28.4 Å². The van der Waals surface area contributed by atoms with Gasteiger partial charge in [0, 0.05) is 33.3 Å². The number of aromatic nitrogens is 1. The molecule has 1 aromatic heterocycles. The molecule has 1 aliphatic carbocycles. The summed E-state index contributed by atoms with van der Waals surface area (Å²) in [4.78, 5) is 0. The van der Waals surface area contributed by atoms with Crippen molar-refractivity contribution in [3.8, 4) is 39.8 Å². The van der Waals surface area contributed by atoms with Crippen molar-refractivity contribution in [2.75, 3.05) is 0 Å². The van der Waals surface area contributed by atoms with Gasteiger partial charge in [0.1, 0.15) is 23.0 Å². The van der Waals surface area contributed by atoms with Crippen LogP contribution in [0.1, 0.15) is 104 Å². The molecule has 0 saturated carbocycles. The van der Waals surface area contributed by atoms with Gasteiger partial charge in [-0.15, -0.1) is 0 Å². The van der Waals surface area contributed by atoms with E-state index in [0.717, 1.165) is 34.1 Å². The zero-order valence-corrected chi connectivity index (χ0v) is 34.2. The molecular formula is C51H50BNO2. The Morgan fingerprint density at radius 2 is 1.07 bits per heavy atom. The van der Waals surface area contributed by atoms with Crippen LogP contribution >= 0.6 is 0 Å². The molecule has 274 valence electrons. The summed E-state index contributed by atoms with van der Waals surface area (Å²) in [7, 11) is 0. The van der Waals surface area contributed by atoms with Crippen LogP contribution in [0.3, 0.4) is 0 Å². The molecule has 0 saturated heterocycles. The van der Waals surface area contributed by atoms with Gasteiger partial charge in [0.25, 0.3) is 6.71 Å². The SMILES string of the molecule is CC(C)(C)c1ccc2c(c1)B1c3c(cccc3Oc3cc(-n4c5ccc(C(C)(C)C)cc5c5cc(C(C)(C)C)ccc54)c4c(c31)C(C)(C)c1ccccc1-4)O2. The van der Waals surface area contributed by atoms with Gasteiger partial charge in [-0.25, -0.2) is 0 Å². The molecule has 3 heterocycles. The Kier molecular flexibility index (Phi) is 6.84. The zero-order valence-electron chi connectivity index (χ0n) is 34.2. The maximum atomic E-state index is 7.15. The summed E-state index contributed by atoms with van der Waals surface area (Å²) < 4.78 is 16.4. The molecule has 0 atom stereocenters. The lowest BCUT2D eigenvalue weighted by Gasteiger charge is -2.37. The van der Waals surface area contributed by atoms with Crippen molar-refractivity contribution in [1.82, 2.24) is 4.57 Å². The van der Waals surface area contributed by atoms with E-state index < -0.39 is 0 Å². The Hall–Kier alpha value is -5.22. The highest BCUT2D eigenvalue weighted by atomic mass is 16.5. The molecule has 0 fully saturated rings. The second kappa shape index (κ2) is 11.0. The predicted octanol–water partition coefficient (Wildman–Crippen LogP) is 11.7. The minimum atomic E-state index is -0.292. The van der Waals surface area contributed by atoms with Crippen LogP contribution in [0.2, 0.25) is 0 Å². The van der Waals surface area contributed by atoms with Crippen molar-refractivity contribution in [3.63, 3.8) is 0 Å². The molecule has 55 heavy (non-hydrogen) atoms. The summed E-state index contributed by atoms with van der Waals surface area (Å²) >= 11 is 0. The van der Waals surface area contributed by atoms with Gasteiger partial charge < -0.3 is 14.0 Å². The first-order chi connectivity index (χ1) is 25.9. The van der Waals surface area contributed by atoms with E-state index in [1.807, 2.05) is 0 Å². The van der Waals surface area contributed by atoms with E-state index in [9.17, 15) is 0 Å². The van der Waals surface area contributed by atoms with Crippen LogP contribution in [0.25, 0.3) is 38.6 Å². The van der Waals surface area contributed by atoms with Gasteiger partial charge in [-0.05, 0) is 103 Å². The largest absolute Gasteiger partial charge is 0.458 e. The summed E-state index contributed by atoms with van der Waals surface area (Å²) in [6.45, 7) is 25.5. The molecule has 3 aliphatic rings. The summed E-state index contributed by atoms with van der Waals surface area (Å²) in [6, 6.07) is 38.8. The predicted molar refractivity (Wildman–Crippen MR) is 232 cm³/mol. The van der Waals surface area contributed by atoms with Crippen molar-refractivity contribution in [3.05, 3.63) is 131 Å². The van der Waals surface area contributed by atoms with Crippen molar-refractivity contribution < 1.29 is 9.47 Å². The molecule has 10 rings (SSSR count). The maximum absolute atomic E-state index is 7.15. The van der Waals surface area contributed by atoms with E-state index in [1.54, 1.807) is 0 Å². The van der Waals surface area contributed by atoms with Crippen molar-refractivity contribution in [1.29, 1.82) is 0 Å². The van der Waals surface area contributed by atoms with Crippen LogP contribution in [0, 0.1) is 0 Å². The molecule has 0 unspecified atom stereocenters. The van der Waals surface area contributed by atoms with Gasteiger partial charge in [-0.1, -0.05) is 131 Å². The summed E-state index contributed by atoms with van der Waals surface area (Å²) in [6.07, 6.45) is 0. The Bertz CT molecular complexity index is 2730. The lowest BCUT2D eigenvalue weighted by molar-refractivity contribution is 0.463. The first-order valence-electron chi connectivity index (χ1n) is 20.0. The number of rotatable bonds is 1. The molecule has 0 radical (unpaired) electrons. The number of nitrogens with zero attached hydrogens (tertiary/aromatic N) is 1. The smallest absolute Gasteiger partial charge is 0.261 e. The topological polar surface area (TPSA) is 23.4 Å². The van der Waals surface area contributed by atoms with E-state index in [2.05, 4.69) is 184 Å². The van der Waals surface area contributed by atoms with Crippen molar-refractivity contribution >= 4 is 44.9 Å². The molecule has 2 aliphatic heterocycles. The fourth-order valence-corrected chi connectivity index (χ4v) is 9.74. The van der Waals surface area contributed by atoms with Crippen LogP contribution in [0.15, 0.2) is 103 Å². The third kappa shape index (κ3) is 4.82. The number of fused-ring (bicyclic) bond motifs is 11. The van der Waals surface area contributed by atoms with Crippen LogP contribution in [0.5, 0.6) is 23.0 Å². The quantitative estimate of drug-likeness (QED) is 0.158. The number of hydrogen-bond acceptors (Lipinski definition) is 2. The van der Waals surface area contributed by atoms with Gasteiger partial charge in [0.2, 0.25) is 0 Å². The van der Waals surface area contributed by atoms with Crippen molar-refractivity contribution in [2.45, 2.75) is 97.8 Å². The van der Waals surface area contributed by atoms with Crippen LogP contribution in [-0.2, 0) is 21.7 Å². The fraction of sp³-hybridized carbons (Fsp3) is 0.294. The second-order valence-corrected chi connectivity index (χ2v) is 19.8. The van der Waals surface area contributed by atoms with Gasteiger partial charge in [0.05, 0.1) is 16.7 Å². The molecule has 0 amide bonds.